The van der Waals surface area contributed by atoms with Crippen molar-refractivity contribution in [2.75, 3.05) is 7.05 Å². The van der Waals surface area contributed by atoms with Gasteiger partial charge in [-0.3, -0.25) is 4.68 Å². The minimum absolute atomic E-state index is 0.742. The first-order valence-electron chi connectivity index (χ1n) is 5.14. The first-order chi connectivity index (χ1) is 7.70. The van der Waals surface area contributed by atoms with E-state index in [1.165, 1.54) is 5.56 Å². The van der Waals surface area contributed by atoms with Crippen LogP contribution >= 0.6 is 11.6 Å². The lowest BCUT2D eigenvalue weighted by Crippen LogP contribution is -2.04. The van der Waals surface area contributed by atoms with E-state index >= 15 is 0 Å². The summed E-state index contributed by atoms with van der Waals surface area (Å²) in [7, 11) is 3.81. The zero-order valence-corrected chi connectivity index (χ0v) is 10.1. The van der Waals surface area contributed by atoms with E-state index in [0.717, 1.165) is 22.8 Å². The molecule has 0 spiro atoms. The Morgan fingerprint density at radius 1 is 1.38 bits per heavy atom. The molecule has 1 aromatic heterocycles. The van der Waals surface area contributed by atoms with Crippen LogP contribution in [0.25, 0.3) is 11.3 Å². The van der Waals surface area contributed by atoms with E-state index in [1.807, 2.05) is 38.5 Å². The van der Waals surface area contributed by atoms with Crippen LogP contribution in [0.4, 0.5) is 0 Å². The number of nitrogens with zero attached hydrogens (tertiary/aromatic N) is 2. The smallest absolute Gasteiger partial charge is 0.0937 e. The van der Waals surface area contributed by atoms with Crippen LogP contribution in [0.5, 0.6) is 0 Å². The monoisotopic (exact) mass is 235 g/mol. The minimum Gasteiger partial charge on any atom is -0.316 e. The van der Waals surface area contributed by atoms with Gasteiger partial charge in [-0.15, -0.1) is 0 Å². The predicted octanol–water partition coefficient (Wildman–Crippen LogP) is 2.46. The molecule has 0 saturated carbocycles. The SMILES string of the molecule is CNCc1ccc(-c2ccn(C)n2)c(Cl)c1. The molecule has 0 aliphatic carbocycles. The van der Waals surface area contributed by atoms with Crippen LogP contribution < -0.4 is 5.32 Å². The summed E-state index contributed by atoms with van der Waals surface area (Å²) in [5.74, 6) is 0. The minimum atomic E-state index is 0.742. The lowest BCUT2D eigenvalue weighted by Gasteiger charge is -2.04. The zero-order chi connectivity index (χ0) is 11.5. The van der Waals surface area contributed by atoms with Gasteiger partial charge in [0, 0.05) is 25.4 Å². The average molecular weight is 236 g/mol. The largest absolute Gasteiger partial charge is 0.316 e. The Bertz CT molecular complexity index is 491. The molecule has 2 rings (SSSR count). The van der Waals surface area contributed by atoms with Gasteiger partial charge in [0.2, 0.25) is 0 Å². The number of benzene rings is 1. The average Bonchev–Trinajstić information content (AvgIpc) is 2.65. The number of rotatable bonds is 3. The maximum absolute atomic E-state index is 6.23. The van der Waals surface area contributed by atoms with Crippen LogP contribution in [0.2, 0.25) is 5.02 Å². The van der Waals surface area contributed by atoms with E-state index in [4.69, 9.17) is 11.6 Å². The van der Waals surface area contributed by atoms with E-state index in [9.17, 15) is 0 Å². The molecule has 1 N–H and O–H groups in total. The lowest BCUT2D eigenvalue weighted by atomic mass is 10.1. The lowest BCUT2D eigenvalue weighted by molar-refractivity contribution is 0.771. The van der Waals surface area contributed by atoms with Gasteiger partial charge in [-0.05, 0) is 24.7 Å². The quantitative estimate of drug-likeness (QED) is 0.886. The molecule has 0 aliphatic rings. The van der Waals surface area contributed by atoms with Crippen molar-refractivity contribution in [3.8, 4) is 11.3 Å². The van der Waals surface area contributed by atoms with Crippen LogP contribution in [-0.4, -0.2) is 16.8 Å². The summed E-state index contributed by atoms with van der Waals surface area (Å²) in [6.07, 6.45) is 1.91. The van der Waals surface area contributed by atoms with Gasteiger partial charge in [-0.1, -0.05) is 23.7 Å². The molecular formula is C12H14ClN3. The molecule has 0 amide bonds. The Morgan fingerprint density at radius 3 is 2.75 bits per heavy atom. The van der Waals surface area contributed by atoms with Crippen molar-refractivity contribution in [2.45, 2.75) is 6.54 Å². The summed E-state index contributed by atoms with van der Waals surface area (Å²) < 4.78 is 1.77. The molecule has 0 radical (unpaired) electrons. The molecule has 0 bridgehead atoms. The number of halogens is 1. The third-order valence-corrected chi connectivity index (χ3v) is 2.72. The van der Waals surface area contributed by atoms with E-state index in [0.29, 0.717) is 0 Å². The Labute approximate surface area is 100 Å². The molecule has 0 saturated heterocycles. The van der Waals surface area contributed by atoms with Gasteiger partial charge >= 0.3 is 0 Å². The number of aromatic nitrogens is 2. The van der Waals surface area contributed by atoms with Crippen LogP contribution in [0.3, 0.4) is 0 Å². The first-order valence-corrected chi connectivity index (χ1v) is 5.51. The van der Waals surface area contributed by atoms with Gasteiger partial charge in [0.15, 0.2) is 0 Å². The number of nitrogens with one attached hydrogen (secondary N) is 1. The summed E-state index contributed by atoms with van der Waals surface area (Å²) >= 11 is 6.23. The van der Waals surface area contributed by atoms with Crippen molar-refractivity contribution < 1.29 is 0 Å². The summed E-state index contributed by atoms with van der Waals surface area (Å²) in [4.78, 5) is 0. The number of aryl methyl sites for hydroxylation is 1. The van der Waals surface area contributed by atoms with E-state index < -0.39 is 0 Å². The molecule has 0 atom stereocenters. The van der Waals surface area contributed by atoms with Crippen molar-refractivity contribution >= 4 is 11.6 Å². The van der Waals surface area contributed by atoms with Gasteiger partial charge in [-0.2, -0.15) is 5.10 Å². The molecule has 3 nitrogen and oxygen atoms in total. The third-order valence-electron chi connectivity index (χ3n) is 2.40. The maximum Gasteiger partial charge on any atom is 0.0937 e. The molecule has 16 heavy (non-hydrogen) atoms. The van der Waals surface area contributed by atoms with Crippen molar-refractivity contribution in [3.63, 3.8) is 0 Å². The Kier molecular flexibility index (Phi) is 3.27. The van der Waals surface area contributed by atoms with E-state index in [-0.39, 0.29) is 0 Å². The van der Waals surface area contributed by atoms with E-state index in [2.05, 4.69) is 16.5 Å². The molecule has 84 valence electrons. The van der Waals surface area contributed by atoms with Crippen molar-refractivity contribution in [3.05, 3.63) is 41.0 Å². The summed E-state index contributed by atoms with van der Waals surface area (Å²) in [5.41, 5.74) is 3.05. The second-order valence-electron chi connectivity index (χ2n) is 3.72. The zero-order valence-electron chi connectivity index (χ0n) is 9.37. The molecule has 1 aromatic carbocycles. The fourth-order valence-electron chi connectivity index (χ4n) is 1.64. The number of hydrogen-bond acceptors (Lipinski definition) is 2. The highest BCUT2D eigenvalue weighted by Gasteiger charge is 2.06. The molecule has 1 heterocycles. The highest BCUT2D eigenvalue weighted by Crippen LogP contribution is 2.27. The number of hydrogen-bond donors (Lipinski definition) is 1. The summed E-state index contributed by atoms with van der Waals surface area (Å²) in [5, 5.41) is 8.17. The third kappa shape index (κ3) is 2.26. The van der Waals surface area contributed by atoms with Crippen molar-refractivity contribution in [1.29, 1.82) is 0 Å². The second-order valence-corrected chi connectivity index (χ2v) is 4.13. The van der Waals surface area contributed by atoms with Gasteiger partial charge in [0.25, 0.3) is 0 Å². The molecule has 0 fully saturated rings. The summed E-state index contributed by atoms with van der Waals surface area (Å²) in [6.45, 7) is 0.822. The van der Waals surface area contributed by atoms with Crippen LogP contribution in [0.15, 0.2) is 30.5 Å². The molecule has 2 aromatic rings. The highest BCUT2D eigenvalue weighted by molar-refractivity contribution is 6.33. The van der Waals surface area contributed by atoms with Gasteiger partial charge < -0.3 is 5.32 Å². The second kappa shape index (κ2) is 4.68. The van der Waals surface area contributed by atoms with Gasteiger partial charge in [-0.25, -0.2) is 0 Å². The fraction of sp³-hybridized carbons (Fsp3) is 0.250. The Morgan fingerprint density at radius 2 is 2.19 bits per heavy atom. The van der Waals surface area contributed by atoms with Crippen molar-refractivity contribution in [2.24, 2.45) is 7.05 Å². The molecule has 4 heteroatoms. The molecule has 0 aliphatic heterocycles. The Balaban J connectivity index is 2.36. The highest BCUT2D eigenvalue weighted by atomic mass is 35.5. The first kappa shape index (κ1) is 11.2. The normalized spacial score (nSPS) is 10.7. The van der Waals surface area contributed by atoms with Crippen LogP contribution in [-0.2, 0) is 13.6 Å². The summed E-state index contributed by atoms with van der Waals surface area (Å²) in [6, 6.07) is 8.00. The van der Waals surface area contributed by atoms with Gasteiger partial charge in [0.05, 0.1) is 10.7 Å². The topological polar surface area (TPSA) is 29.9 Å². The predicted molar refractivity (Wildman–Crippen MR) is 66.4 cm³/mol. The van der Waals surface area contributed by atoms with E-state index in [1.54, 1.807) is 4.68 Å². The van der Waals surface area contributed by atoms with Gasteiger partial charge in [0.1, 0.15) is 0 Å². The maximum atomic E-state index is 6.23. The van der Waals surface area contributed by atoms with Crippen LogP contribution in [0, 0.1) is 0 Å². The van der Waals surface area contributed by atoms with Crippen LogP contribution in [0.1, 0.15) is 5.56 Å². The Hall–Kier alpha value is -1.32. The van der Waals surface area contributed by atoms with Crippen molar-refractivity contribution in [1.82, 2.24) is 15.1 Å². The molecule has 0 unspecified atom stereocenters. The standard InChI is InChI=1S/C12H14ClN3/c1-14-8-9-3-4-10(11(13)7-9)12-5-6-16(2)15-12/h3-7,14H,8H2,1-2H3. The fourth-order valence-corrected chi connectivity index (χ4v) is 1.94. The molecular weight excluding hydrogens is 222 g/mol.